The van der Waals surface area contributed by atoms with Gasteiger partial charge >= 0.3 is 43.7 Å². The Labute approximate surface area is 116 Å². The van der Waals surface area contributed by atoms with Crippen LogP contribution in [0.25, 0.3) is 0 Å². The quantitative estimate of drug-likeness (QED) is 0.331. The summed E-state index contributed by atoms with van der Waals surface area (Å²) in [4.78, 5) is 0. The Morgan fingerprint density at radius 3 is 0.706 bits per heavy atom. The second-order valence-corrected chi connectivity index (χ2v) is 4.54. The zero-order chi connectivity index (χ0) is 14.0. The molecule has 0 N–H and O–H groups in total. The van der Waals surface area contributed by atoms with E-state index in [1.165, 1.54) is 0 Å². The monoisotopic (exact) mass is 387 g/mol. The van der Waals surface area contributed by atoms with Gasteiger partial charge in [-0.3, -0.25) is 0 Å². The molecule has 0 saturated carbocycles. The topological polar surface area (TPSA) is 114 Å². The van der Waals surface area contributed by atoms with Gasteiger partial charge in [0.05, 0.1) is 0 Å². The minimum absolute atomic E-state index is 0. The third-order valence-corrected chi connectivity index (χ3v) is 1.70. The van der Waals surface area contributed by atoms with E-state index in [9.17, 15) is 26.3 Å². The summed E-state index contributed by atoms with van der Waals surface area (Å²) in [6.45, 7) is 0. The molecule has 0 aromatic heterocycles. The van der Waals surface area contributed by atoms with Gasteiger partial charge in [-0.2, -0.15) is 26.3 Å². The number of rotatable bonds is 0. The Kier molecular flexibility index (Phi) is 8.81. The predicted octanol–water partition coefficient (Wildman–Crippen LogP) is 0.100. The van der Waals surface area contributed by atoms with Crippen LogP contribution in [0.5, 0.6) is 0 Å². The van der Waals surface area contributed by atoms with Gasteiger partial charge in [-0.05, 0) is 0 Å². The first kappa shape index (κ1) is 22.7. The first-order valence-electron chi connectivity index (χ1n) is 2.54. The second kappa shape index (κ2) is 6.61. The minimum atomic E-state index is -6.09. The molecule has 0 atom stereocenters. The van der Waals surface area contributed by atoms with Crippen molar-refractivity contribution in [2.45, 2.75) is 11.0 Å². The van der Waals surface area contributed by atoms with Gasteiger partial charge in [0.25, 0.3) is 0 Å². The Balaban J connectivity index is -0.000000218. The molecule has 0 aliphatic rings. The average Bonchev–Trinajstić information content (AvgIpc) is 1.77. The van der Waals surface area contributed by atoms with Crippen LogP contribution in [0.2, 0.25) is 0 Å². The van der Waals surface area contributed by atoms with Crippen molar-refractivity contribution in [3.8, 4) is 0 Å². The SMILES string of the molecule is O=S(=O)([O-])C(F)(F)F.O=S(=O)([O-])C(F)(F)F.[Y+2]. The largest absolute Gasteiger partial charge is 2.00 e. The molecule has 6 nitrogen and oxygen atoms in total. The Morgan fingerprint density at radius 2 is 0.706 bits per heavy atom. The molecule has 15 heteroatoms. The van der Waals surface area contributed by atoms with Crippen molar-refractivity contribution in [3.63, 3.8) is 0 Å². The van der Waals surface area contributed by atoms with Crippen molar-refractivity contribution >= 4 is 20.2 Å². The molecule has 0 unspecified atom stereocenters. The molecule has 0 aliphatic heterocycles. The summed E-state index contributed by atoms with van der Waals surface area (Å²) in [6, 6.07) is 0. The molecule has 0 spiro atoms. The fourth-order valence-electron chi connectivity index (χ4n) is 0. The maximum atomic E-state index is 10.7. The van der Waals surface area contributed by atoms with Crippen LogP contribution in [-0.2, 0) is 52.9 Å². The minimum Gasteiger partial charge on any atom is -0.741 e. The smallest absolute Gasteiger partial charge is 0.741 e. The van der Waals surface area contributed by atoms with E-state index in [1.54, 1.807) is 0 Å². The third-order valence-electron chi connectivity index (χ3n) is 0.567. The second-order valence-electron chi connectivity index (χ2n) is 1.80. The molecule has 0 saturated heterocycles. The first-order valence-corrected chi connectivity index (χ1v) is 5.36. The summed E-state index contributed by atoms with van der Waals surface area (Å²) in [6.07, 6.45) is 0. The fraction of sp³-hybridized carbons (Fsp3) is 1.00. The summed E-state index contributed by atoms with van der Waals surface area (Å²) < 4.78 is 118. The average molecular weight is 387 g/mol. The molecule has 0 aliphatic carbocycles. The van der Waals surface area contributed by atoms with Crippen molar-refractivity contribution in [2.24, 2.45) is 0 Å². The molecule has 0 heterocycles. The van der Waals surface area contributed by atoms with Crippen LogP contribution in [-0.4, -0.2) is 37.0 Å². The van der Waals surface area contributed by atoms with E-state index in [1.807, 2.05) is 0 Å². The number of hydrogen-bond acceptors (Lipinski definition) is 6. The maximum Gasteiger partial charge on any atom is 2.00 e. The molecule has 0 amide bonds. The van der Waals surface area contributed by atoms with Gasteiger partial charge in [0.2, 0.25) is 0 Å². The van der Waals surface area contributed by atoms with E-state index in [-0.39, 0.29) is 32.7 Å². The summed E-state index contributed by atoms with van der Waals surface area (Å²) in [5, 5.41) is 0. The van der Waals surface area contributed by atoms with Gasteiger partial charge in [-0.15, -0.1) is 0 Å². The van der Waals surface area contributed by atoms with E-state index in [0.717, 1.165) is 0 Å². The number of alkyl halides is 6. The van der Waals surface area contributed by atoms with Crippen LogP contribution < -0.4 is 0 Å². The number of hydrogen-bond donors (Lipinski definition) is 0. The Morgan fingerprint density at radius 1 is 0.647 bits per heavy atom. The van der Waals surface area contributed by atoms with Gasteiger partial charge in [0.1, 0.15) is 0 Å². The summed E-state index contributed by atoms with van der Waals surface area (Å²) in [5.41, 5.74) is -11.3. The van der Waals surface area contributed by atoms with Crippen molar-refractivity contribution < 1.29 is 85.0 Å². The van der Waals surface area contributed by atoms with E-state index >= 15 is 0 Å². The van der Waals surface area contributed by atoms with Crippen molar-refractivity contribution in [1.82, 2.24) is 0 Å². The van der Waals surface area contributed by atoms with Crippen LogP contribution >= 0.6 is 0 Å². The molecular weight excluding hydrogens is 387 g/mol. The Bertz CT molecular complexity index is 374. The number of halogens is 6. The molecule has 17 heavy (non-hydrogen) atoms. The molecular formula is C2F6O6S2Y. The van der Waals surface area contributed by atoms with Gasteiger partial charge in [0.15, 0.2) is 20.2 Å². The maximum absolute atomic E-state index is 10.7. The molecule has 0 aromatic carbocycles. The van der Waals surface area contributed by atoms with Gasteiger partial charge < -0.3 is 9.11 Å². The van der Waals surface area contributed by atoms with E-state index in [2.05, 4.69) is 0 Å². The zero-order valence-corrected chi connectivity index (χ0v) is 11.6. The van der Waals surface area contributed by atoms with Crippen molar-refractivity contribution in [2.75, 3.05) is 0 Å². The molecule has 0 rings (SSSR count). The third kappa shape index (κ3) is 10.1. The normalized spacial score (nSPS) is 13.2. The zero-order valence-electron chi connectivity index (χ0n) is 7.11. The summed E-state index contributed by atoms with van der Waals surface area (Å²) in [5.74, 6) is 0. The van der Waals surface area contributed by atoms with Crippen LogP contribution in [0.15, 0.2) is 0 Å². The molecule has 0 aromatic rings. The summed E-state index contributed by atoms with van der Waals surface area (Å²) in [7, 11) is -12.2. The fourth-order valence-corrected chi connectivity index (χ4v) is 0. The van der Waals surface area contributed by atoms with Gasteiger partial charge in [-0.25, -0.2) is 16.8 Å². The predicted molar refractivity (Wildman–Crippen MR) is 31.5 cm³/mol. The molecule has 0 bridgehead atoms. The molecule has 101 valence electrons. The van der Waals surface area contributed by atoms with Crippen LogP contribution in [0.3, 0.4) is 0 Å². The van der Waals surface area contributed by atoms with E-state index in [0.29, 0.717) is 0 Å². The standard InChI is InChI=1S/2CHF3O3S.Y/c2*2-1(3,4)8(5,6)7;/h2*(H,5,6,7);/q;;+2/p-2. The van der Waals surface area contributed by atoms with E-state index < -0.39 is 31.3 Å². The molecule has 0 fully saturated rings. The first-order chi connectivity index (χ1) is 6.50. The van der Waals surface area contributed by atoms with Gasteiger partial charge in [0, 0.05) is 0 Å². The van der Waals surface area contributed by atoms with E-state index in [4.69, 9.17) is 25.9 Å². The summed E-state index contributed by atoms with van der Waals surface area (Å²) >= 11 is 0. The molecule has 1 radical (unpaired) electrons. The van der Waals surface area contributed by atoms with Crippen molar-refractivity contribution in [3.05, 3.63) is 0 Å². The Hall–Kier alpha value is 0.504. The van der Waals surface area contributed by atoms with Crippen LogP contribution in [0.4, 0.5) is 26.3 Å². The van der Waals surface area contributed by atoms with Crippen LogP contribution in [0.1, 0.15) is 0 Å². The van der Waals surface area contributed by atoms with Crippen LogP contribution in [0, 0.1) is 0 Å². The van der Waals surface area contributed by atoms with Gasteiger partial charge in [-0.1, -0.05) is 0 Å². The van der Waals surface area contributed by atoms with Crippen molar-refractivity contribution in [1.29, 1.82) is 0 Å².